The number of aliphatic hydroxyl groups excluding tert-OH is 1. The van der Waals surface area contributed by atoms with Crippen molar-refractivity contribution in [2.45, 2.75) is 58.3 Å². The van der Waals surface area contributed by atoms with Crippen LogP contribution in [-0.4, -0.2) is 53.0 Å². The molecule has 1 aliphatic carbocycles. The molecule has 0 spiro atoms. The largest absolute Gasteiger partial charge is 0.464 e. The van der Waals surface area contributed by atoms with Crippen molar-refractivity contribution in [2.24, 2.45) is 11.8 Å². The molecule has 1 saturated carbocycles. The minimum Gasteiger partial charge on any atom is -0.464 e. The van der Waals surface area contributed by atoms with Crippen molar-refractivity contribution < 1.29 is 24.2 Å². The van der Waals surface area contributed by atoms with Crippen LogP contribution in [0.15, 0.2) is 0 Å². The molecule has 0 unspecified atom stereocenters. The lowest BCUT2D eigenvalue weighted by atomic mass is 9.93. The van der Waals surface area contributed by atoms with Crippen LogP contribution in [0.2, 0.25) is 0 Å². The van der Waals surface area contributed by atoms with Crippen molar-refractivity contribution in [3.8, 4) is 0 Å². The second kappa shape index (κ2) is 5.83. The summed E-state index contributed by atoms with van der Waals surface area (Å²) in [5, 5.41) is 10.2. The standard InChI is InChI=1S/C15H25NO5/c1-5-20-13(18)12-11(9-6-7-9)10(17)8-16(12)14(19)21-15(2,3)4/h9-12,17H,5-8H2,1-4H3/t10-,11+,12-/m0/s1. The van der Waals surface area contributed by atoms with Crippen LogP contribution in [0.1, 0.15) is 40.5 Å². The average Bonchev–Trinajstić information content (AvgIpc) is 3.10. The maximum absolute atomic E-state index is 12.3. The molecule has 0 aromatic rings. The number of ether oxygens (including phenoxy) is 2. The normalized spacial score (nSPS) is 29.4. The second-order valence-corrected chi connectivity index (χ2v) is 6.81. The highest BCUT2D eigenvalue weighted by molar-refractivity contribution is 5.83. The summed E-state index contributed by atoms with van der Waals surface area (Å²) in [5.74, 6) is -0.393. The van der Waals surface area contributed by atoms with Gasteiger partial charge in [-0.2, -0.15) is 0 Å². The number of rotatable bonds is 3. The molecule has 1 saturated heterocycles. The molecule has 2 rings (SSSR count). The Morgan fingerprint density at radius 1 is 1.29 bits per heavy atom. The Morgan fingerprint density at radius 2 is 1.90 bits per heavy atom. The molecule has 3 atom stereocenters. The first-order chi connectivity index (χ1) is 9.74. The highest BCUT2D eigenvalue weighted by atomic mass is 16.6. The number of likely N-dealkylation sites (tertiary alicyclic amines) is 1. The van der Waals surface area contributed by atoms with Gasteiger partial charge in [0.1, 0.15) is 11.6 Å². The van der Waals surface area contributed by atoms with E-state index in [1.54, 1.807) is 27.7 Å². The molecular weight excluding hydrogens is 274 g/mol. The topological polar surface area (TPSA) is 76.1 Å². The highest BCUT2D eigenvalue weighted by Crippen LogP contribution is 2.45. The molecule has 120 valence electrons. The SMILES string of the molecule is CCOC(=O)[C@@H]1[C@H](C2CC2)[C@@H](O)CN1C(=O)OC(C)(C)C. The molecule has 0 aromatic carbocycles. The third-order valence-corrected chi connectivity index (χ3v) is 3.85. The van der Waals surface area contributed by atoms with Gasteiger partial charge >= 0.3 is 12.1 Å². The fourth-order valence-corrected chi connectivity index (χ4v) is 2.93. The average molecular weight is 299 g/mol. The maximum Gasteiger partial charge on any atom is 0.411 e. The van der Waals surface area contributed by atoms with E-state index in [4.69, 9.17) is 9.47 Å². The maximum atomic E-state index is 12.3. The van der Waals surface area contributed by atoms with E-state index in [9.17, 15) is 14.7 Å². The van der Waals surface area contributed by atoms with Gasteiger partial charge in [0.15, 0.2) is 0 Å². The predicted molar refractivity (Wildman–Crippen MR) is 75.6 cm³/mol. The fraction of sp³-hybridized carbons (Fsp3) is 0.867. The van der Waals surface area contributed by atoms with Gasteiger partial charge in [-0.15, -0.1) is 0 Å². The van der Waals surface area contributed by atoms with Crippen molar-refractivity contribution >= 4 is 12.1 Å². The van der Waals surface area contributed by atoms with Crippen LogP contribution in [0.3, 0.4) is 0 Å². The molecular formula is C15H25NO5. The monoisotopic (exact) mass is 299 g/mol. The lowest BCUT2D eigenvalue weighted by molar-refractivity contribution is -0.150. The molecule has 0 aromatic heterocycles. The Bertz CT molecular complexity index is 413. The van der Waals surface area contributed by atoms with E-state index in [1.807, 2.05) is 0 Å². The first-order valence-electron chi connectivity index (χ1n) is 7.59. The van der Waals surface area contributed by atoms with Gasteiger partial charge in [-0.1, -0.05) is 0 Å². The van der Waals surface area contributed by atoms with Crippen molar-refractivity contribution in [1.82, 2.24) is 4.90 Å². The van der Waals surface area contributed by atoms with Gasteiger partial charge in [0.25, 0.3) is 0 Å². The van der Waals surface area contributed by atoms with E-state index in [1.165, 1.54) is 4.90 Å². The quantitative estimate of drug-likeness (QED) is 0.800. The minimum atomic E-state index is -0.734. The van der Waals surface area contributed by atoms with Crippen molar-refractivity contribution in [3.05, 3.63) is 0 Å². The van der Waals surface area contributed by atoms with Crippen LogP contribution in [0.5, 0.6) is 0 Å². The third kappa shape index (κ3) is 3.67. The summed E-state index contributed by atoms with van der Waals surface area (Å²) in [5.41, 5.74) is -0.640. The lowest BCUT2D eigenvalue weighted by Crippen LogP contribution is -2.46. The zero-order chi connectivity index (χ0) is 15.8. The summed E-state index contributed by atoms with van der Waals surface area (Å²) in [6, 6.07) is -0.734. The molecule has 1 amide bonds. The van der Waals surface area contributed by atoms with Gasteiger partial charge in [0.2, 0.25) is 0 Å². The Kier molecular flexibility index (Phi) is 4.46. The number of esters is 1. The molecule has 1 N–H and O–H groups in total. The number of β-amino-alcohol motifs (C(OH)–C–C–N with tert-alkyl or cyclic N) is 1. The first-order valence-corrected chi connectivity index (χ1v) is 7.59. The van der Waals surface area contributed by atoms with E-state index in [0.29, 0.717) is 5.92 Å². The molecule has 2 aliphatic rings. The summed E-state index contributed by atoms with van der Waals surface area (Å²) in [7, 11) is 0. The number of aliphatic hydroxyl groups is 1. The van der Waals surface area contributed by atoms with Crippen molar-refractivity contribution in [1.29, 1.82) is 0 Å². The zero-order valence-corrected chi connectivity index (χ0v) is 13.2. The molecule has 21 heavy (non-hydrogen) atoms. The summed E-state index contributed by atoms with van der Waals surface area (Å²) in [4.78, 5) is 25.9. The van der Waals surface area contributed by atoms with Gasteiger partial charge in [-0.3, -0.25) is 4.90 Å². The van der Waals surface area contributed by atoms with E-state index >= 15 is 0 Å². The first kappa shape index (κ1) is 16.1. The summed E-state index contributed by atoms with van der Waals surface area (Å²) >= 11 is 0. The Balaban J connectivity index is 2.17. The minimum absolute atomic E-state index is 0.125. The summed E-state index contributed by atoms with van der Waals surface area (Å²) < 4.78 is 10.4. The van der Waals surface area contributed by atoms with Gasteiger partial charge in [0, 0.05) is 5.92 Å². The number of amides is 1. The Hall–Kier alpha value is -1.30. The van der Waals surface area contributed by atoms with Crippen molar-refractivity contribution in [2.75, 3.05) is 13.2 Å². The summed E-state index contributed by atoms with van der Waals surface area (Å²) in [6.07, 6.45) is 0.710. The van der Waals surface area contributed by atoms with Crippen molar-refractivity contribution in [3.63, 3.8) is 0 Å². The number of carbonyl (C=O) groups excluding carboxylic acids is 2. The molecule has 1 heterocycles. The predicted octanol–water partition coefficient (Wildman–Crippen LogP) is 1.56. The van der Waals surface area contributed by atoms with Gasteiger partial charge in [0.05, 0.1) is 19.3 Å². The number of carbonyl (C=O) groups is 2. The van der Waals surface area contributed by atoms with Gasteiger partial charge < -0.3 is 14.6 Å². The number of hydrogen-bond acceptors (Lipinski definition) is 5. The van der Waals surface area contributed by atoms with Crippen LogP contribution < -0.4 is 0 Å². The molecule has 2 fully saturated rings. The Morgan fingerprint density at radius 3 is 2.38 bits per heavy atom. The fourth-order valence-electron chi connectivity index (χ4n) is 2.93. The highest BCUT2D eigenvalue weighted by Gasteiger charge is 2.54. The van der Waals surface area contributed by atoms with Crippen LogP contribution in [-0.2, 0) is 14.3 Å². The third-order valence-electron chi connectivity index (χ3n) is 3.85. The Labute approximate surface area is 125 Å². The lowest BCUT2D eigenvalue weighted by Gasteiger charge is -2.29. The van der Waals surface area contributed by atoms with E-state index in [0.717, 1.165) is 12.8 Å². The van der Waals surface area contributed by atoms with E-state index in [-0.39, 0.29) is 19.1 Å². The van der Waals surface area contributed by atoms with Crippen LogP contribution in [0.25, 0.3) is 0 Å². The van der Waals surface area contributed by atoms with E-state index in [2.05, 4.69) is 0 Å². The smallest absolute Gasteiger partial charge is 0.411 e. The summed E-state index contributed by atoms with van der Waals surface area (Å²) in [6.45, 7) is 7.43. The number of hydrogen-bond donors (Lipinski definition) is 1. The van der Waals surface area contributed by atoms with Crippen LogP contribution >= 0.6 is 0 Å². The van der Waals surface area contributed by atoms with Gasteiger partial charge in [-0.05, 0) is 46.5 Å². The van der Waals surface area contributed by atoms with Crippen LogP contribution in [0, 0.1) is 11.8 Å². The molecule has 6 heteroatoms. The molecule has 0 bridgehead atoms. The second-order valence-electron chi connectivity index (χ2n) is 6.81. The zero-order valence-electron chi connectivity index (χ0n) is 13.2. The molecule has 1 aliphatic heterocycles. The molecule has 6 nitrogen and oxygen atoms in total. The molecule has 0 radical (unpaired) electrons. The van der Waals surface area contributed by atoms with E-state index < -0.39 is 29.8 Å². The number of nitrogens with zero attached hydrogens (tertiary/aromatic N) is 1. The van der Waals surface area contributed by atoms with Crippen LogP contribution in [0.4, 0.5) is 4.79 Å². The van der Waals surface area contributed by atoms with Gasteiger partial charge in [-0.25, -0.2) is 9.59 Å².